The van der Waals surface area contributed by atoms with Gasteiger partial charge in [-0.3, -0.25) is 14.3 Å². The highest BCUT2D eigenvalue weighted by atomic mass is 32.2. The van der Waals surface area contributed by atoms with Crippen molar-refractivity contribution in [3.8, 4) is 0 Å². The number of hydrogen-bond donors (Lipinski definition) is 2. The number of ether oxygens (including phenoxy) is 2. The molecule has 1 saturated heterocycles. The first-order valence-electron chi connectivity index (χ1n) is 12.9. The molecule has 0 aromatic heterocycles. The molecule has 9 heteroatoms. The van der Waals surface area contributed by atoms with Crippen LogP contribution in [0.4, 0.5) is 5.69 Å². The van der Waals surface area contributed by atoms with Gasteiger partial charge in [0.2, 0.25) is 11.8 Å². The lowest BCUT2D eigenvalue weighted by Crippen LogP contribution is -2.51. The molecule has 2 amide bonds. The van der Waals surface area contributed by atoms with Gasteiger partial charge in [0.25, 0.3) is 0 Å². The number of nitrogens with one attached hydrogen (secondary N) is 2. The van der Waals surface area contributed by atoms with Crippen LogP contribution in [-0.4, -0.2) is 87.8 Å². The van der Waals surface area contributed by atoms with Gasteiger partial charge in [-0.1, -0.05) is 27.2 Å². The first-order chi connectivity index (χ1) is 17.2. The number of carbonyl (C=O) groups is 2. The molecule has 1 aromatic carbocycles. The number of rotatable bonds is 14. The molecule has 1 aromatic rings. The molecular weight excluding hydrogens is 476 g/mol. The average Bonchev–Trinajstić information content (AvgIpc) is 3.36. The SMILES string of the molecule is CCC(C)C(C(CC(=O)N1CCCC1C(OC)C(C)C(=O)NSc1ccc(NC)cc1)OC)N(C)C. The standard InChI is InChI=1S/C27H46N4O4S/c1-9-18(2)25(30(5)6)23(34-7)17-24(32)31-16-10-11-22(31)26(35-8)19(3)27(33)29-36-21-14-12-20(28-4)13-15-21/h12-15,18-19,22-23,25-26,28H,9-11,16-17H2,1-8H3,(H,29,33). The summed E-state index contributed by atoms with van der Waals surface area (Å²) in [6.07, 6.45) is 2.47. The lowest BCUT2D eigenvalue weighted by Gasteiger charge is -2.38. The van der Waals surface area contributed by atoms with Gasteiger partial charge in [0.15, 0.2) is 0 Å². The second kappa shape index (κ2) is 14.8. The molecule has 0 aliphatic carbocycles. The average molecular weight is 523 g/mol. The molecule has 0 saturated carbocycles. The number of hydrogen-bond acceptors (Lipinski definition) is 7. The fraction of sp³-hybridized carbons (Fsp3) is 0.704. The van der Waals surface area contributed by atoms with E-state index in [9.17, 15) is 9.59 Å². The Hall–Kier alpha value is -1.81. The summed E-state index contributed by atoms with van der Waals surface area (Å²) < 4.78 is 14.6. The number of methoxy groups -OCH3 is 2. The molecule has 6 unspecified atom stereocenters. The molecule has 1 aliphatic rings. The number of anilines is 1. The molecule has 1 fully saturated rings. The van der Waals surface area contributed by atoms with E-state index in [1.165, 1.54) is 11.9 Å². The van der Waals surface area contributed by atoms with Crippen LogP contribution in [0, 0.1) is 11.8 Å². The Morgan fingerprint density at radius 1 is 1.17 bits per heavy atom. The van der Waals surface area contributed by atoms with Crippen molar-refractivity contribution in [2.45, 2.75) is 75.6 Å². The Labute approximate surface area is 222 Å². The normalized spacial score (nSPS) is 20.0. The van der Waals surface area contributed by atoms with Gasteiger partial charge >= 0.3 is 0 Å². The molecule has 1 aliphatic heterocycles. The second-order valence-corrected chi connectivity index (χ2v) is 10.8. The van der Waals surface area contributed by atoms with Crippen LogP contribution in [0.15, 0.2) is 29.2 Å². The predicted molar refractivity (Wildman–Crippen MR) is 147 cm³/mol. The zero-order valence-electron chi connectivity index (χ0n) is 23.2. The monoisotopic (exact) mass is 522 g/mol. The van der Waals surface area contributed by atoms with E-state index in [0.29, 0.717) is 18.9 Å². The molecule has 0 bridgehead atoms. The highest BCUT2D eigenvalue weighted by Crippen LogP contribution is 2.29. The van der Waals surface area contributed by atoms with Crippen molar-refractivity contribution in [1.82, 2.24) is 14.5 Å². The molecular formula is C27H46N4O4S. The van der Waals surface area contributed by atoms with Gasteiger partial charge in [0, 0.05) is 44.4 Å². The minimum absolute atomic E-state index is 0.0631. The first kappa shape index (κ1) is 30.4. The summed E-state index contributed by atoms with van der Waals surface area (Å²) in [6.45, 7) is 6.92. The van der Waals surface area contributed by atoms with E-state index in [0.717, 1.165) is 29.8 Å². The van der Waals surface area contributed by atoms with Crippen LogP contribution in [0.2, 0.25) is 0 Å². The molecule has 8 nitrogen and oxygen atoms in total. The topological polar surface area (TPSA) is 83.1 Å². The van der Waals surface area contributed by atoms with Crippen LogP contribution < -0.4 is 10.0 Å². The minimum atomic E-state index is -0.412. The van der Waals surface area contributed by atoms with E-state index < -0.39 is 5.92 Å². The van der Waals surface area contributed by atoms with Crippen LogP contribution in [0.1, 0.15) is 46.5 Å². The lowest BCUT2D eigenvalue weighted by molar-refractivity contribution is -0.142. The molecule has 0 spiro atoms. The summed E-state index contributed by atoms with van der Waals surface area (Å²) in [5.74, 6) is -0.0592. The Kier molecular flexibility index (Phi) is 12.5. The van der Waals surface area contributed by atoms with E-state index in [1.54, 1.807) is 14.2 Å². The van der Waals surface area contributed by atoms with E-state index in [2.05, 4.69) is 28.8 Å². The van der Waals surface area contributed by atoms with Crippen molar-refractivity contribution in [1.29, 1.82) is 0 Å². The Morgan fingerprint density at radius 2 is 1.83 bits per heavy atom. The van der Waals surface area contributed by atoms with Crippen LogP contribution >= 0.6 is 11.9 Å². The van der Waals surface area contributed by atoms with E-state index in [-0.39, 0.29) is 36.1 Å². The number of amides is 2. The van der Waals surface area contributed by atoms with Gasteiger partial charge < -0.3 is 24.6 Å². The summed E-state index contributed by atoms with van der Waals surface area (Å²) in [5.41, 5.74) is 1.02. The maximum absolute atomic E-state index is 13.5. The molecule has 0 radical (unpaired) electrons. The van der Waals surface area contributed by atoms with E-state index >= 15 is 0 Å². The van der Waals surface area contributed by atoms with Crippen molar-refractivity contribution < 1.29 is 19.1 Å². The fourth-order valence-corrected chi connectivity index (χ4v) is 5.94. The van der Waals surface area contributed by atoms with Crippen LogP contribution in [0.5, 0.6) is 0 Å². The highest BCUT2D eigenvalue weighted by molar-refractivity contribution is 7.98. The molecule has 1 heterocycles. The van der Waals surface area contributed by atoms with Crippen molar-refractivity contribution in [3.05, 3.63) is 24.3 Å². The first-order valence-corrected chi connectivity index (χ1v) is 13.8. The maximum atomic E-state index is 13.5. The predicted octanol–water partition coefficient (Wildman–Crippen LogP) is 3.88. The third kappa shape index (κ3) is 7.84. The van der Waals surface area contributed by atoms with Crippen LogP contribution in [0.25, 0.3) is 0 Å². The number of nitrogens with zero attached hydrogens (tertiary/aromatic N) is 2. The molecule has 6 atom stereocenters. The Bertz CT molecular complexity index is 822. The number of likely N-dealkylation sites (N-methyl/N-ethyl adjacent to an activating group) is 1. The zero-order chi connectivity index (χ0) is 26.8. The summed E-state index contributed by atoms with van der Waals surface area (Å²) in [6, 6.07) is 7.85. The Morgan fingerprint density at radius 3 is 2.36 bits per heavy atom. The fourth-order valence-electron chi connectivity index (χ4n) is 5.26. The van der Waals surface area contributed by atoms with Gasteiger partial charge in [-0.2, -0.15) is 0 Å². The van der Waals surface area contributed by atoms with Crippen molar-refractivity contribution in [2.24, 2.45) is 11.8 Å². The van der Waals surface area contributed by atoms with Gasteiger partial charge in [-0.25, -0.2) is 0 Å². The van der Waals surface area contributed by atoms with Crippen molar-refractivity contribution >= 4 is 29.4 Å². The summed E-state index contributed by atoms with van der Waals surface area (Å²) in [7, 11) is 9.27. The molecule has 2 N–H and O–H groups in total. The third-order valence-corrected chi connectivity index (χ3v) is 8.28. The summed E-state index contributed by atoms with van der Waals surface area (Å²) in [4.78, 5) is 31.5. The van der Waals surface area contributed by atoms with Crippen molar-refractivity contribution in [3.63, 3.8) is 0 Å². The molecule has 36 heavy (non-hydrogen) atoms. The minimum Gasteiger partial charge on any atom is -0.388 e. The highest BCUT2D eigenvalue weighted by Gasteiger charge is 2.41. The third-order valence-electron chi connectivity index (χ3n) is 7.47. The molecule has 2 rings (SSSR count). The van der Waals surface area contributed by atoms with Gasteiger partial charge in [-0.05, 0) is 69.1 Å². The van der Waals surface area contributed by atoms with E-state index in [1.807, 2.05) is 57.2 Å². The number of likely N-dealkylation sites (tertiary alicyclic amines) is 1. The van der Waals surface area contributed by atoms with Crippen LogP contribution in [-0.2, 0) is 19.1 Å². The number of benzene rings is 1. The quantitative estimate of drug-likeness (QED) is 0.359. The summed E-state index contributed by atoms with van der Waals surface area (Å²) >= 11 is 1.29. The largest absolute Gasteiger partial charge is 0.388 e. The maximum Gasteiger partial charge on any atom is 0.235 e. The van der Waals surface area contributed by atoms with Gasteiger partial charge in [0.1, 0.15) is 0 Å². The second-order valence-electron chi connectivity index (χ2n) is 9.95. The van der Waals surface area contributed by atoms with Crippen molar-refractivity contribution in [2.75, 3.05) is 47.2 Å². The Balaban J connectivity index is 2.05. The molecule has 204 valence electrons. The smallest absolute Gasteiger partial charge is 0.235 e. The van der Waals surface area contributed by atoms with Gasteiger partial charge in [-0.15, -0.1) is 0 Å². The number of carbonyl (C=O) groups excluding carboxylic acids is 2. The zero-order valence-corrected chi connectivity index (χ0v) is 24.1. The van der Waals surface area contributed by atoms with Crippen LogP contribution in [0.3, 0.4) is 0 Å². The summed E-state index contributed by atoms with van der Waals surface area (Å²) in [5, 5.41) is 3.08. The van der Waals surface area contributed by atoms with E-state index in [4.69, 9.17) is 9.47 Å². The van der Waals surface area contributed by atoms with Gasteiger partial charge in [0.05, 0.1) is 30.6 Å². The lowest BCUT2D eigenvalue weighted by atomic mass is 9.91.